The van der Waals surface area contributed by atoms with Crippen LogP contribution in [0, 0.1) is 0 Å². The van der Waals surface area contributed by atoms with Crippen molar-refractivity contribution >= 4 is 35.1 Å². The van der Waals surface area contributed by atoms with Gasteiger partial charge in [0.1, 0.15) is 5.82 Å². The van der Waals surface area contributed by atoms with Crippen molar-refractivity contribution in [3.63, 3.8) is 0 Å². The van der Waals surface area contributed by atoms with E-state index in [9.17, 15) is 4.79 Å². The topological polar surface area (TPSA) is 36.4 Å². The molecule has 3 rings (SSSR count). The van der Waals surface area contributed by atoms with E-state index in [1.807, 2.05) is 22.7 Å². The minimum absolute atomic E-state index is 0.290. The van der Waals surface area contributed by atoms with E-state index in [0.29, 0.717) is 23.4 Å². The largest absolute Gasteiger partial charge is 0.349 e. The molecule has 1 aromatic heterocycles. The summed E-state index contributed by atoms with van der Waals surface area (Å²) in [5.74, 6) is 2.37. The van der Waals surface area contributed by atoms with Crippen LogP contribution in [0.1, 0.15) is 26.2 Å². The van der Waals surface area contributed by atoms with E-state index in [2.05, 4.69) is 16.8 Å². The van der Waals surface area contributed by atoms with Crippen molar-refractivity contribution in [3.05, 3.63) is 17.3 Å². The lowest BCUT2D eigenvalue weighted by molar-refractivity contribution is -0.132. The lowest BCUT2D eigenvalue weighted by atomic mass is 10.1. The molecule has 1 atom stereocenters. The number of fused-ring (bicyclic) bond motifs is 3. The molecule has 1 fully saturated rings. The number of hydrogen-bond acceptors (Lipinski definition) is 4. The molecule has 0 aromatic carbocycles. The van der Waals surface area contributed by atoms with Crippen LogP contribution in [0.5, 0.6) is 0 Å². The minimum Gasteiger partial charge on any atom is -0.349 e. The molecule has 6 heteroatoms. The summed E-state index contributed by atoms with van der Waals surface area (Å²) in [5.41, 5.74) is 0. The molecule has 1 aromatic rings. The number of aromatic nitrogens is 1. The van der Waals surface area contributed by atoms with Crippen molar-refractivity contribution < 1.29 is 4.79 Å². The lowest BCUT2D eigenvalue weighted by Gasteiger charge is -2.41. The van der Waals surface area contributed by atoms with Crippen LogP contribution in [-0.2, 0) is 4.79 Å². The van der Waals surface area contributed by atoms with E-state index >= 15 is 0 Å². The van der Waals surface area contributed by atoms with Crippen molar-refractivity contribution in [1.29, 1.82) is 0 Å². The number of amides is 1. The first-order valence-electron chi connectivity index (χ1n) is 7.51. The van der Waals surface area contributed by atoms with Crippen molar-refractivity contribution in [2.75, 3.05) is 30.3 Å². The van der Waals surface area contributed by atoms with Crippen LogP contribution in [-0.4, -0.2) is 47.2 Å². The third-order valence-corrected chi connectivity index (χ3v) is 5.34. The quantitative estimate of drug-likeness (QED) is 0.837. The number of carbonyl (C=O) groups is 1. The number of rotatable bonds is 2. The van der Waals surface area contributed by atoms with Crippen LogP contribution in [0.2, 0.25) is 5.02 Å². The van der Waals surface area contributed by atoms with Crippen LogP contribution >= 0.6 is 23.4 Å². The number of nitrogens with zero attached hydrogens (tertiary/aromatic N) is 3. The summed E-state index contributed by atoms with van der Waals surface area (Å²) >= 11 is 7.87. The van der Waals surface area contributed by atoms with Crippen LogP contribution < -0.4 is 4.90 Å². The highest BCUT2D eigenvalue weighted by molar-refractivity contribution is 7.99. The van der Waals surface area contributed by atoms with E-state index in [4.69, 9.17) is 11.6 Å². The molecule has 0 N–H and O–H groups in total. The van der Waals surface area contributed by atoms with Gasteiger partial charge in [0.2, 0.25) is 5.91 Å². The average molecular weight is 326 g/mol. The Balaban J connectivity index is 1.79. The maximum Gasteiger partial charge on any atom is 0.222 e. The van der Waals surface area contributed by atoms with Crippen molar-refractivity contribution in [2.45, 2.75) is 37.1 Å². The van der Waals surface area contributed by atoms with E-state index in [1.54, 1.807) is 6.20 Å². The fraction of sp³-hybridized carbons (Fsp3) is 0.600. The molecule has 4 nitrogen and oxygen atoms in total. The average Bonchev–Trinajstić information content (AvgIpc) is 2.65. The van der Waals surface area contributed by atoms with E-state index < -0.39 is 0 Å². The molecule has 3 heterocycles. The molecule has 21 heavy (non-hydrogen) atoms. The molecular formula is C15H20ClN3OS. The number of carbonyl (C=O) groups excluding carboxylic acids is 1. The number of pyridine rings is 1. The number of thioether (sulfide) groups is 1. The summed E-state index contributed by atoms with van der Waals surface area (Å²) in [6.07, 6.45) is 4.38. The highest BCUT2D eigenvalue weighted by Crippen LogP contribution is 2.37. The Kier molecular flexibility index (Phi) is 4.60. The lowest BCUT2D eigenvalue weighted by Crippen LogP contribution is -2.55. The summed E-state index contributed by atoms with van der Waals surface area (Å²) in [7, 11) is 0. The van der Waals surface area contributed by atoms with Gasteiger partial charge in [0, 0.05) is 44.0 Å². The van der Waals surface area contributed by atoms with Gasteiger partial charge in [-0.3, -0.25) is 4.79 Å². The Morgan fingerprint density at radius 3 is 3.19 bits per heavy atom. The van der Waals surface area contributed by atoms with Gasteiger partial charge in [-0.15, -0.1) is 11.8 Å². The van der Waals surface area contributed by atoms with Gasteiger partial charge in [-0.2, -0.15) is 0 Å². The minimum atomic E-state index is 0.290. The zero-order chi connectivity index (χ0) is 14.8. The van der Waals surface area contributed by atoms with Gasteiger partial charge in [-0.25, -0.2) is 4.98 Å². The first kappa shape index (κ1) is 15.0. The van der Waals surface area contributed by atoms with Gasteiger partial charge < -0.3 is 9.80 Å². The van der Waals surface area contributed by atoms with E-state index in [1.165, 1.54) is 4.90 Å². The molecule has 0 spiro atoms. The Morgan fingerprint density at radius 1 is 1.52 bits per heavy atom. The molecule has 2 aliphatic heterocycles. The van der Waals surface area contributed by atoms with Crippen molar-refractivity contribution in [2.24, 2.45) is 0 Å². The van der Waals surface area contributed by atoms with E-state index in [0.717, 1.165) is 44.0 Å². The monoisotopic (exact) mass is 325 g/mol. The predicted octanol–water partition coefficient (Wildman–Crippen LogP) is 3.05. The van der Waals surface area contributed by atoms with Gasteiger partial charge in [0.25, 0.3) is 0 Å². The van der Waals surface area contributed by atoms with Crippen molar-refractivity contribution in [1.82, 2.24) is 9.88 Å². The van der Waals surface area contributed by atoms with Gasteiger partial charge in [-0.1, -0.05) is 18.5 Å². The van der Waals surface area contributed by atoms with Crippen LogP contribution in [0.25, 0.3) is 0 Å². The van der Waals surface area contributed by atoms with Crippen LogP contribution in [0.4, 0.5) is 5.82 Å². The zero-order valence-corrected chi connectivity index (χ0v) is 13.8. The van der Waals surface area contributed by atoms with E-state index in [-0.39, 0.29) is 0 Å². The fourth-order valence-electron chi connectivity index (χ4n) is 3.02. The molecule has 0 bridgehead atoms. The molecule has 0 aliphatic carbocycles. The molecule has 114 valence electrons. The Bertz CT molecular complexity index is 540. The summed E-state index contributed by atoms with van der Waals surface area (Å²) in [6, 6.07) is 2.38. The molecule has 0 radical (unpaired) electrons. The molecule has 2 aliphatic rings. The fourth-order valence-corrected chi connectivity index (χ4v) is 4.36. The predicted molar refractivity (Wildman–Crippen MR) is 87.2 cm³/mol. The maximum atomic E-state index is 12.1. The van der Waals surface area contributed by atoms with Crippen LogP contribution in [0.15, 0.2) is 17.2 Å². The van der Waals surface area contributed by atoms with Gasteiger partial charge in [0.05, 0.1) is 9.92 Å². The van der Waals surface area contributed by atoms with Gasteiger partial charge in [-0.05, 0) is 18.9 Å². The number of piperazine rings is 1. The van der Waals surface area contributed by atoms with Crippen molar-refractivity contribution in [3.8, 4) is 0 Å². The Labute approximate surface area is 134 Å². The SMILES string of the molecule is CCCC(=O)N1CCN2c3ncc(Cl)cc3SCC[C@@H]2C1. The standard InChI is InChI=1S/C15H20ClN3OS/c1-2-3-14(20)18-5-6-19-12(10-18)4-7-21-13-8-11(16)9-17-15(13)19/h8-9,12H,2-7,10H2,1H3/t12-/m1/s1. The molecule has 1 saturated heterocycles. The smallest absolute Gasteiger partial charge is 0.222 e. The highest BCUT2D eigenvalue weighted by atomic mass is 35.5. The third-order valence-electron chi connectivity index (χ3n) is 4.08. The van der Waals surface area contributed by atoms with Crippen LogP contribution in [0.3, 0.4) is 0 Å². The third kappa shape index (κ3) is 3.14. The molecule has 0 saturated carbocycles. The molecule has 0 unspecified atom stereocenters. The maximum absolute atomic E-state index is 12.1. The number of hydrogen-bond donors (Lipinski definition) is 0. The Morgan fingerprint density at radius 2 is 2.38 bits per heavy atom. The summed E-state index contributed by atoms with van der Waals surface area (Å²) in [4.78, 5) is 22.2. The highest BCUT2D eigenvalue weighted by Gasteiger charge is 2.32. The first-order chi connectivity index (χ1) is 10.2. The first-order valence-corrected chi connectivity index (χ1v) is 8.88. The second-order valence-electron chi connectivity index (χ2n) is 5.55. The summed E-state index contributed by atoms with van der Waals surface area (Å²) in [5, 5.41) is 0.691. The molecule has 1 amide bonds. The molecular weight excluding hydrogens is 306 g/mol. The summed E-state index contributed by atoms with van der Waals surface area (Å²) < 4.78 is 0. The summed E-state index contributed by atoms with van der Waals surface area (Å²) in [6.45, 7) is 4.54. The second-order valence-corrected chi connectivity index (χ2v) is 7.12. The number of anilines is 1. The second kappa shape index (κ2) is 6.44. The zero-order valence-electron chi connectivity index (χ0n) is 12.2. The Hall–Kier alpha value is -0.940. The normalized spacial score (nSPS) is 21.5. The van der Waals surface area contributed by atoms with Gasteiger partial charge >= 0.3 is 0 Å². The number of halogens is 1. The van der Waals surface area contributed by atoms with Gasteiger partial charge in [0.15, 0.2) is 0 Å².